The maximum Gasteiger partial charge on any atom is 0.320 e. The summed E-state index contributed by atoms with van der Waals surface area (Å²) in [6, 6.07) is -0.347. The van der Waals surface area contributed by atoms with E-state index in [0.29, 0.717) is 6.54 Å². The maximum atomic E-state index is 11.3. The summed E-state index contributed by atoms with van der Waals surface area (Å²) in [4.78, 5) is 23.8. The second kappa shape index (κ2) is 2.79. The van der Waals surface area contributed by atoms with Crippen LogP contribution in [0.1, 0.15) is 13.3 Å². The third kappa shape index (κ3) is 1.18. The molecule has 2 fully saturated rings. The molecule has 3 N–H and O–H groups in total. The fourth-order valence-corrected chi connectivity index (χ4v) is 1.68. The van der Waals surface area contributed by atoms with E-state index in [2.05, 4.69) is 16.0 Å². The maximum absolute atomic E-state index is 11.3. The number of nitrogens with zero attached hydrogens (tertiary/aromatic N) is 1. The van der Waals surface area contributed by atoms with Crippen LogP contribution in [0, 0.1) is 0 Å². The highest BCUT2D eigenvalue weighted by Gasteiger charge is 2.44. The monoisotopic (exact) mass is 184 g/mol. The number of fused-ring (bicyclic) bond motifs is 1. The van der Waals surface area contributed by atoms with Gasteiger partial charge in [0.1, 0.15) is 12.3 Å². The average molecular weight is 184 g/mol. The Morgan fingerprint density at radius 3 is 2.77 bits per heavy atom. The number of nitrogens with one attached hydrogen (secondary N) is 3. The van der Waals surface area contributed by atoms with Crippen LogP contribution in [0.3, 0.4) is 0 Å². The van der Waals surface area contributed by atoms with Gasteiger partial charge in [0.25, 0.3) is 0 Å². The molecule has 2 aliphatic heterocycles. The fourth-order valence-electron chi connectivity index (χ4n) is 1.68. The molecular formula is C7H12N4O2. The molecule has 0 bridgehead atoms. The lowest BCUT2D eigenvalue weighted by molar-refractivity contribution is 0.196. The number of urea groups is 2. The first kappa shape index (κ1) is 8.15. The molecule has 0 aliphatic carbocycles. The van der Waals surface area contributed by atoms with Gasteiger partial charge in [0.05, 0.1) is 0 Å². The molecule has 2 aliphatic rings. The van der Waals surface area contributed by atoms with E-state index in [1.54, 1.807) is 4.90 Å². The molecule has 0 aromatic heterocycles. The Morgan fingerprint density at radius 2 is 2.08 bits per heavy atom. The summed E-state index contributed by atoms with van der Waals surface area (Å²) in [7, 11) is 0. The minimum atomic E-state index is -0.272. The number of rotatable bonds is 2. The third-order valence-electron chi connectivity index (χ3n) is 2.22. The highest BCUT2D eigenvalue weighted by molar-refractivity contribution is 5.84. The van der Waals surface area contributed by atoms with Crippen LogP contribution in [0.4, 0.5) is 9.59 Å². The first-order valence-electron chi connectivity index (χ1n) is 4.36. The SMILES string of the molecule is CCCN1C(=O)N[C@H]2NC(=O)N[C@H]21. The van der Waals surface area contributed by atoms with E-state index < -0.39 is 0 Å². The summed E-state index contributed by atoms with van der Waals surface area (Å²) in [6.45, 7) is 2.65. The van der Waals surface area contributed by atoms with E-state index in [1.807, 2.05) is 6.92 Å². The largest absolute Gasteiger partial charge is 0.320 e. The number of carbonyl (C=O) groups is 2. The topological polar surface area (TPSA) is 73.5 Å². The lowest BCUT2D eigenvalue weighted by atomic mass is 10.4. The van der Waals surface area contributed by atoms with E-state index in [0.717, 1.165) is 6.42 Å². The molecule has 0 aromatic rings. The summed E-state index contributed by atoms with van der Waals surface area (Å²) in [5.74, 6) is 0. The third-order valence-corrected chi connectivity index (χ3v) is 2.22. The van der Waals surface area contributed by atoms with Gasteiger partial charge in [-0.25, -0.2) is 9.59 Å². The van der Waals surface area contributed by atoms with Crippen LogP contribution in [-0.4, -0.2) is 35.8 Å². The first-order chi connectivity index (χ1) is 6.22. The molecule has 6 heteroatoms. The van der Waals surface area contributed by atoms with Crippen LogP contribution in [-0.2, 0) is 0 Å². The normalized spacial score (nSPS) is 31.0. The second-order valence-corrected chi connectivity index (χ2v) is 3.18. The zero-order chi connectivity index (χ0) is 9.42. The van der Waals surface area contributed by atoms with Crippen molar-refractivity contribution in [3.05, 3.63) is 0 Å². The van der Waals surface area contributed by atoms with Crippen molar-refractivity contribution >= 4 is 12.1 Å². The van der Waals surface area contributed by atoms with Crippen molar-refractivity contribution in [1.82, 2.24) is 20.9 Å². The minimum Gasteiger partial charge on any atom is -0.314 e. The highest BCUT2D eigenvalue weighted by Crippen LogP contribution is 2.13. The lowest BCUT2D eigenvalue weighted by Gasteiger charge is -2.19. The van der Waals surface area contributed by atoms with Crippen LogP contribution in [0.2, 0.25) is 0 Å². The Morgan fingerprint density at radius 1 is 1.31 bits per heavy atom. The van der Waals surface area contributed by atoms with Crippen LogP contribution in [0.25, 0.3) is 0 Å². The van der Waals surface area contributed by atoms with Gasteiger partial charge in [0.15, 0.2) is 0 Å². The van der Waals surface area contributed by atoms with Gasteiger partial charge >= 0.3 is 12.1 Å². The van der Waals surface area contributed by atoms with Crippen molar-refractivity contribution in [2.75, 3.05) is 6.54 Å². The van der Waals surface area contributed by atoms with Crippen molar-refractivity contribution in [3.8, 4) is 0 Å². The second-order valence-electron chi connectivity index (χ2n) is 3.18. The lowest BCUT2D eigenvalue weighted by Crippen LogP contribution is -2.43. The molecule has 4 amide bonds. The van der Waals surface area contributed by atoms with Crippen molar-refractivity contribution < 1.29 is 9.59 Å². The van der Waals surface area contributed by atoms with Gasteiger partial charge in [-0.05, 0) is 6.42 Å². The molecule has 0 aromatic carbocycles. The number of amides is 4. The molecule has 2 rings (SSSR count). The van der Waals surface area contributed by atoms with Crippen molar-refractivity contribution in [3.63, 3.8) is 0 Å². The quantitative estimate of drug-likeness (QED) is 0.535. The number of carbonyl (C=O) groups excluding carboxylic acids is 2. The Bertz CT molecular complexity index is 255. The van der Waals surface area contributed by atoms with Crippen LogP contribution in [0.5, 0.6) is 0 Å². The molecule has 0 saturated carbocycles. The molecule has 2 atom stereocenters. The van der Waals surface area contributed by atoms with Gasteiger partial charge in [-0.3, -0.25) is 0 Å². The standard InChI is InChI=1S/C7H12N4O2/c1-2-3-11-5-4(9-7(11)13)8-6(12)10-5/h4-5H,2-3H2,1H3,(H,9,13)(H2,8,10,12)/t4-,5+/m1/s1. The summed E-state index contributed by atoms with van der Waals surface area (Å²) < 4.78 is 0. The van der Waals surface area contributed by atoms with E-state index in [-0.39, 0.29) is 24.4 Å². The zero-order valence-corrected chi connectivity index (χ0v) is 7.33. The van der Waals surface area contributed by atoms with Crippen molar-refractivity contribution in [2.24, 2.45) is 0 Å². The molecule has 0 radical (unpaired) electrons. The number of hydrogen-bond acceptors (Lipinski definition) is 2. The Hall–Kier alpha value is -1.46. The summed E-state index contributed by atoms with van der Waals surface area (Å²) in [5.41, 5.74) is 0. The molecule has 0 spiro atoms. The fraction of sp³-hybridized carbons (Fsp3) is 0.714. The van der Waals surface area contributed by atoms with E-state index >= 15 is 0 Å². The Labute approximate surface area is 75.6 Å². The predicted octanol–water partition coefficient (Wildman–Crippen LogP) is -0.613. The minimum absolute atomic E-state index is 0.121. The van der Waals surface area contributed by atoms with Crippen molar-refractivity contribution in [1.29, 1.82) is 0 Å². The average Bonchev–Trinajstić information content (AvgIpc) is 2.52. The van der Waals surface area contributed by atoms with Crippen LogP contribution >= 0.6 is 0 Å². The molecular weight excluding hydrogens is 172 g/mol. The molecule has 2 saturated heterocycles. The number of hydrogen-bond donors (Lipinski definition) is 3. The zero-order valence-electron chi connectivity index (χ0n) is 7.33. The highest BCUT2D eigenvalue weighted by atomic mass is 16.2. The van der Waals surface area contributed by atoms with E-state index in [9.17, 15) is 9.59 Å². The summed E-state index contributed by atoms with van der Waals surface area (Å²) in [6.07, 6.45) is 0.387. The van der Waals surface area contributed by atoms with Crippen molar-refractivity contribution in [2.45, 2.75) is 25.7 Å². The molecule has 2 heterocycles. The smallest absolute Gasteiger partial charge is 0.314 e. The van der Waals surface area contributed by atoms with Gasteiger partial charge < -0.3 is 20.9 Å². The van der Waals surface area contributed by atoms with Gasteiger partial charge in [-0.1, -0.05) is 6.92 Å². The molecule has 0 unspecified atom stereocenters. The van der Waals surface area contributed by atoms with Gasteiger partial charge in [-0.15, -0.1) is 0 Å². The van der Waals surface area contributed by atoms with Gasteiger partial charge in [0.2, 0.25) is 0 Å². The van der Waals surface area contributed by atoms with Crippen LogP contribution in [0.15, 0.2) is 0 Å². The van der Waals surface area contributed by atoms with Gasteiger partial charge in [-0.2, -0.15) is 0 Å². The Kier molecular flexibility index (Phi) is 1.75. The predicted molar refractivity (Wildman–Crippen MR) is 44.8 cm³/mol. The molecule has 6 nitrogen and oxygen atoms in total. The van der Waals surface area contributed by atoms with E-state index in [4.69, 9.17) is 0 Å². The molecule has 13 heavy (non-hydrogen) atoms. The van der Waals surface area contributed by atoms with Gasteiger partial charge in [0, 0.05) is 6.54 Å². The van der Waals surface area contributed by atoms with E-state index in [1.165, 1.54) is 0 Å². The van der Waals surface area contributed by atoms with Crippen LogP contribution < -0.4 is 16.0 Å². The molecule has 72 valence electrons. The summed E-state index contributed by atoms with van der Waals surface area (Å²) >= 11 is 0. The summed E-state index contributed by atoms with van der Waals surface area (Å²) in [5, 5.41) is 7.96. The Balaban J connectivity index is 2.10. The first-order valence-corrected chi connectivity index (χ1v) is 4.36.